The van der Waals surface area contributed by atoms with Crippen molar-refractivity contribution in [3.05, 3.63) is 77.5 Å². The summed E-state index contributed by atoms with van der Waals surface area (Å²) >= 11 is 0. The summed E-state index contributed by atoms with van der Waals surface area (Å²) in [6.45, 7) is 5.16. The van der Waals surface area contributed by atoms with Crippen molar-refractivity contribution >= 4 is 39.4 Å². The van der Waals surface area contributed by atoms with Crippen LogP contribution in [0.3, 0.4) is 0 Å². The number of benzene rings is 3. The van der Waals surface area contributed by atoms with E-state index in [4.69, 9.17) is 10.5 Å². The lowest BCUT2D eigenvalue weighted by atomic mass is 10.0. The van der Waals surface area contributed by atoms with Crippen LogP contribution < -0.4 is 11.1 Å². The van der Waals surface area contributed by atoms with Gasteiger partial charge in [0, 0.05) is 69.5 Å². The normalized spacial score (nSPS) is 14.3. The van der Waals surface area contributed by atoms with Crippen molar-refractivity contribution < 1.29 is 19.4 Å². The van der Waals surface area contributed by atoms with Crippen molar-refractivity contribution in [1.82, 2.24) is 14.4 Å². The van der Waals surface area contributed by atoms with Gasteiger partial charge in [-0.3, -0.25) is 4.90 Å². The molecular formula is C29H33N5O4. The first-order valence-corrected chi connectivity index (χ1v) is 12.8. The predicted octanol–water partition coefficient (Wildman–Crippen LogP) is 3.80. The summed E-state index contributed by atoms with van der Waals surface area (Å²) in [5, 5.41) is 15.8. The first-order chi connectivity index (χ1) is 18.5. The van der Waals surface area contributed by atoms with Crippen molar-refractivity contribution in [3.63, 3.8) is 0 Å². The zero-order valence-corrected chi connectivity index (χ0v) is 21.5. The molecule has 0 unspecified atom stereocenters. The number of carbonyl (C=O) groups is 2. The number of carboxylic acids is 1. The summed E-state index contributed by atoms with van der Waals surface area (Å²) in [5.74, 6) is -0.992. The molecule has 38 heavy (non-hydrogen) atoms. The number of nitrogens with two attached hydrogens (primary N) is 1. The van der Waals surface area contributed by atoms with Crippen molar-refractivity contribution in [2.24, 2.45) is 5.73 Å². The zero-order valence-electron chi connectivity index (χ0n) is 21.5. The standard InChI is InChI=1S/C29H33N5O4/c1-38-13-12-32-8-10-33(11-9-32)29(37)31-24-15-21-4-2-3-5-25(21)23(16-24)19-34-26-14-20(18-30)6-7-22(26)17-27(34)28(35)36/h2-7,14-17H,8-13,18-19,30H2,1H3,(H,31,37)(H,35,36). The highest BCUT2D eigenvalue weighted by Crippen LogP contribution is 2.29. The number of hydrogen-bond donors (Lipinski definition) is 3. The van der Waals surface area contributed by atoms with E-state index in [1.54, 1.807) is 13.2 Å². The Morgan fingerprint density at radius 3 is 2.53 bits per heavy atom. The molecule has 2 amide bonds. The first-order valence-electron chi connectivity index (χ1n) is 12.8. The summed E-state index contributed by atoms with van der Waals surface area (Å²) < 4.78 is 6.97. The molecule has 5 rings (SSSR count). The monoisotopic (exact) mass is 515 g/mol. The highest BCUT2D eigenvalue weighted by molar-refractivity contribution is 5.97. The van der Waals surface area contributed by atoms with E-state index in [1.807, 2.05) is 64.1 Å². The lowest BCUT2D eigenvalue weighted by molar-refractivity contribution is 0.0686. The number of nitrogens with one attached hydrogen (secondary N) is 1. The minimum Gasteiger partial charge on any atom is -0.477 e. The third-order valence-electron chi connectivity index (χ3n) is 7.22. The van der Waals surface area contributed by atoms with Gasteiger partial charge in [-0.15, -0.1) is 0 Å². The lowest BCUT2D eigenvalue weighted by Gasteiger charge is -2.34. The number of amides is 2. The van der Waals surface area contributed by atoms with E-state index in [9.17, 15) is 14.7 Å². The van der Waals surface area contributed by atoms with Gasteiger partial charge in [-0.1, -0.05) is 36.4 Å². The number of ether oxygens (including phenoxy) is 1. The van der Waals surface area contributed by atoms with Crippen LogP contribution in [0, 0.1) is 0 Å². The van der Waals surface area contributed by atoms with Crippen LogP contribution in [-0.4, -0.2) is 77.9 Å². The second-order valence-electron chi connectivity index (χ2n) is 9.63. The molecule has 0 bridgehead atoms. The van der Waals surface area contributed by atoms with Gasteiger partial charge in [0.2, 0.25) is 0 Å². The van der Waals surface area contributed by atoms with Crippen molar-refractivity contribution in [2.75, 3.05) is 51.8 Å². The number of anilines is 1. The first kappa shape index (κ1) is 25.7. The average molecular weight is 516 g/mol. The van der Waals surface area contributed by atoms with Crippen LogP contribution in [0.5, 0.6) is 0 Å². The molecule has 3 aromatic carbocycles. The number of aromatic nitrogens is 1. The molecule has 0 spiro atoms. The molecule has 4 N–H and O–H groups in total. The lowest BCUT2D eigenvalue weighted by Crippen LogP contribution is -2.50. The van der Waals surface area contributed by atoms with Crippen LogP contribution in [0.25, 0.3) is 21.7 Å². The molecule has 0 atom stereocenters. The molecule has 0 radical (unpaired) electrons. The highest BCUT2D eigenvalue weighted by atomic mass is 16.5. The maximum Gasteiger partial charge on any atom is 0.352 e. The molecule has 0 saturated carbocycles. The van der Waals surface area contributed by atoms with E-state index < -0.39 is 5.97 Å². The predicted molar refractivity (Wildman–Crippen MR) is 149 cm³/mol. The fourth-order valence-corrected chi connectivity index (χ4v) is 5.14. The van der Waals surface area contributed by atoms with Gasteiger partial charge in [-0.2, -0.15) is 0 Å². The third kappa shape index (κ3) is 5.35. The molecule has 4 aromatic rings. The minimum absolute atomic E-state index is 0.136. The summed E-state index contributed by atoms with van der Waals surface area (Å²) in [5.41, 5.74) is 9.42. The quantitative estimate of drug-likeness (QED) is 0.329. The largest absolute Gasteiger partial charge is 0.477 e. The van der Waals surface area contributed by atoms with E-state index >= 15 is 0 Å². The van der Waals surface area contributed by atoms with E-state index in [2.05, 4.69) is 10.2 Å². The third-order valence-corrected chi connectivity index (χ3v) is 7.22. The number of carbonyl (C=O) groups excluding carboxylic acids is 1. The number of urea groups is 1. The number of methoxy groups -OCH3 is 1. The Kier molecular flexibility index (Phi) is 7.59. The van der Waals surface area contributed by atoms with Gasteiger partial charge in [0.05, 0.1) is 6.61 Å². The van der Waals surface area contributed by atoms with Gasteiger partial charge < -0.3 is 30.4 Å². The Bertz CT molecular complexity index is 1470. The van der Waals surface area contributed by atoms with Gasteiger partial charge in [0.1, 0.15) is 5.69 Å². The topological polar surface area (TPSA) is 113 Å². The Balaban J connectivity index is 1.44. The van der Waals surface area contributed by atoms with E-state index in [-0.39, 0.29) is 11.7 Å². The van der Waals surface area contributed by atoms with Crippen LogP contribution in [-0.2, 0) is 17.8 Å². The molecule has 0 aliphatic carbocycles. The van der Waals surface area contributed by atoms with Crippen LogP contribution in [0.4, 0.5) is 10.5 Å². The molecule has 9 nitrogen and oxygen atoms in total. The molecule has 9 heteroatoms. The summed E-state index contributed by atoms with van der Waals surface area (Å²) in [4.78, 5) is 29.4. The Hall–Kier alpha value is -3.92. The average Bonchev–Trinajstić information content (AvgIpc) is 3.30. The Labute approximate surface area is 221 Å². The fraction of sp³-hybridized carbons (Fsp3) is 0.310. The Morgan fingerprint density at radius 2 is 1.79 bits per heavy atom. The molecule has 198 valence electrons. The van der Waals surface area contributed by atoms with Crippen LogP contribution in [0.15, 0.2) is 60.7 Å². The summed E-state index contributed by atoms with van der Waals surface area (Å²) in [7, 11) is 1.69. The SMILES string of the molecule is COCCN1CCN(C(=O)Nc2cc(Cn3c(C(=O)O)cc4ccc(CN)cc43)c3ccccc3c2)CC1. The molecule has 1 aliphatic heterocycles. The van der Waals surface area contributed by atoms with Gasteiger partial charge in [0.15, 0.2) is 0 Å². The van der Waals surface area contributed by atoms with Crippen LogP contribution >= 0.6 is 0 Å². The minimum atomic E-state index is -0.992. The molecule has 1 saturated heterocycles. The zero-order chi connectivity index (χ0) is 26.6. The second-order valence-corrected chi connectivity index (χ2v) is 9.63. The van der Waals surface area contributed by atoms with Gasteiger partial charge >= 0.3 is 12.0 Å². The van der Waals surface area contributed by atoms with E-state index in [0.717, 1.165) is 52.4 Å². The van der Waals surface area contributed by atoms with Crippen molar-refractivity contribution in [3.8, 4) is 0 Å². The number of carboxylic acid groups (broad SMARTS) is 1. The summed E-state index contributed by atoms with van der Waals surface area (Å²) in [6, 6.07) is 19.2. The molecule has 1 aromatic heterocycles. The molecule has 1 aliphatic rings. The molecule has 1 fully saturated rings. The molecular weight excluding hydrogens is 482 g/mol. The summed E-state index contributed by atoms with van der Waals surface area (Å²) in [6.07, 6.45) is 0. The second kappa shape index (κ2) is 11.2. The number of rotatable bonds is 8. The van der Waals surface area contributed by atoms with Crippen molar-refractivity contribution in [2.45, 2.75) is 13.1 Å². The maximum atomic E-state index is 13.1. The fourth-order valence-electron chi connectivity index (χ4n) is 5.14. The number of aromatic carboxylic acids is 1. The van der Waals surface area contributed by atoms with Gasteiger partial charge in [0.25, 0.3) is 0 Å². The van der Waals surface area contributed by atoms with Gasteiger partial charge in [-0.05, 0) is 46.2 Å². The number of piperazine rings is 1. The smallest absolute Gasteiger partial charge is 0.352 e. The number of hydrogen-bond acceptors (Lipinski definition) is 5. The molecule has 2 heterocycles. The van der Waals surface area contributed by atoms with Crippen LogP contribution in [0.1, 0.15) is 21.6 Å². The van der Waals surface area contributed by atoms with E-state index in [0.29, 0.717) is 38.5 Å². The number of nitrogens with zero attached hydrogens (tertiary/aromatic N) is 3. The van der Waals surface area contributed by atoms with Gasteiger partial charge in [-0.25, -0.2) is 9.59 Å². The van der Waals surface area contributed by atoms with Crippen LogP contribution in [0.2, 0.25) is 0 Å². The number of fused-ring (bicyclic) bond motifs is 2. The maximum absolute atomic E-state index is 13.1. The Morgan fingerprint density at radius 1 is 1.00 bits per heavy atom. The highest BCUT2D eigenvalue weighted by Gasteiger charge is 2.22. The van der Waals surface area contributed by atoms with E-state index in [1.165, 1.54) is 0 Å². The van der Waals surface area contributed by atoms with Crippen molar-refractivity contribution in [1.29, 1.82) is 0 Å².